The molecule has 1 fully saturated rings. The fraction of sp³-hybridized carbons (Fsp3) is 0.467. The average Bonchev–Trinajstić information content (AvgIpc) is 2.54. The van der Waals surface area contributed by atoms with Crippen LogP contribution in [-0.2, 0) is 4.79 Å². The van der Waals surface area contributed by atoms with E-state index in [1.54, 1.807) is 0 Å². The van der Waals surface area contributed by atoms with Gasteiger partial charge in [-0.3, -0.25) is 24.6 Å². The predicted octanol–water partition coefficient (Wildman–Crippen LogP) is 1.58. The topological polar surface area (TPSA) is 110 Å². The molecular weight excluding hydrogens is 304 g/mol. The number of likely N-dealkylation sites (tertiary alicyclic amines) is 1. The summed E-state index contributed by atoms with van der Waals surface area (Å²) in [6, 6.07) is 4.12. The number of ketones is 1. The Kier molecular flexibility index (Phi) is 5.28. The van der Waals surface area contributed by atoms with Crippen molar-refractivity contribution in [3.8, 4) is 5.75 Å². The van der Waals surface area contributed by atoms with Crippen molar-refractivity contribution in [2.75, 3.05) is 26.7 Å². The largest absolute Gasteiger partial charge is 0.490 e. The minimum Gasteiger partial charge on any atom is -0.490 e. The molecule has 0 aliphatic carbocycles. The fourth-order valence-electron chi connectivity index (χ4n) is 2.64. The van der Waals surface area contributed by atoms with Gasteiger partial charge in [0, 0.05) is 11.6 Å². The molecule has 0 spiro atoms. The number of methoxy groups -OCH3 is 1. The van der Waals surface area contributed by atoms with Crippen LogP contribution in [0.2, 0.25) is 0 Å². The van der Waals surface area contributed by atoms with Crippen molar-refractivity contribution in [2.45, 2.75) is 12.8 Å². The molecule has 8 nitrogen and oxygen atoms in total. The number of rotatable bonds is 6. The number of carboxylic acid groups (broad SMARTS) is 1. The van der Waals surface area contributed by atoms with Crippen LogP contribution in [0.5, 0.6) is 5.75 Å². The summed E-state index contributed by atoms with van der Waals surface area (Å²) in [6.45, 7) is 1.18. The van der Waals surface area contributed by atoms with Gasteiger partial charge in [-0.2, -0.15) is 0 Å². The van der Waals surface area contributed by atoms with E-state index in [4.69, 9.17) is 9.84 Å². The van der Waals surface area contributed by atoms with Crippen LogP contribution in [0, 0.1) is 16.0 Å². The van der Waals surface area contributed by atoms with Crippen LogP contribution in [0.4, 0.5) is 5.69 Å². The first-order valence-electron chi connectivity index (χ1n) is 7.23. The smallest absolute Gasteiger partial charge is 0.311 e. The minimum atomic E-state index is -0.804. The van der Waals surface area contributed by atoms with E-state index >= 15 is 0 Å². The number of carboxylic acids is 1. The highest BCUT2D eigenvalue weighted by atomic mass is 16.6. The summed E-state index contributed by atoms with van der Waals surface area (Å²) in [4.78, 5) is 35.5. The molecule has 8 heteroatoms. The molecule has 1 saturated heterocycles. The standard InChI is InChI=1S/C15H18N2O6/c1-23-14-3-2-11(8-12(14)17(21)22)13(18)9-16-6-4-10(5-7-16)15(19)20/h2-3,8,10H,4-7,9H2,1H3,(H,19,20). The van der Waals surface area contributed by atoms with Gasteiger partial charge in [-0.25, -0.2) is 0 Å². The van der Waals surface area contributed by atoms with Gasteiger partial charge >= 0.3 is 11.7 Å². The molecule has 0 bridgehead atoms. The molecule has 1 N–H and O–H groups in total. The molecule has 2 rings (SSSR count). The van der Waals surface area contributed by atoms with E-state index < -0.39 is 10.9 Å². The van der Waals surface area contributed by atoms with Crippen LogP contribution < -0.4 is 4.74 Å². The van der Waals surface area contributed by atoms with Crippen LogP contribution in [0.15, 0.2) is 18.2 Å². The summed E-state index contributed by atoms with van der Waals surface area (Å²) in [7, 11) is 1.33. The van der Waals surface area contributed by atoms with E-state index in [-0.39, 0.29) is 35.2 Å². The van der Waals surface area contributed by atoms with Crippen LogP contribution in [0.1, 0.15) is 23.2 Å². The molecule has 1 aliphatic rings. The quantitative estimate of drug-likeness (QED) is 0.481. The number of piperidine rings is 1. The van der Waals surface area contributed by atoms with E-state index in [1.807, 2.05) is 4.90 Å². The number of aliphatic carboxylic acids is 1. The molecular formula is C15H18N2O6. The Morgan fingerprint density at radius 1 is 1.39 bits per heavy atom. The van der Waals surface area contributed by atoms with E-state index in [0.717, 1.165) is 0 Å². The predicted molar refractivity (Wildman–Crippen MR) is 80.8 cm³/mol. The molecule has 0 atom stereocenters. The molecule has 1 aliphatic heterocycles. The molecule has 0 unspecified atom stereocenters. The zero-order chi connectivity index (χ0) is 17.0. The second-order valence-corrected chi connectivity index (χ2v) is 5.46. The van der Waals surface area contributed by atoms with Crippen molar-refractivity contribution in [1.82, 2.24) is 4.90 Å². The van der Waals surface area contributed by atoms with Crippen LogP contribution in [0.3, 0.4) is 0 Å². The maximum atomic E-state index is 12.3. The highest BCUT2D eigenvalue weighted by Crippen LogP contribution is 2.28. The molecule has 0 radical (unpaired) electrons. The monoisotopic (exact) mass is 322 g/mol. The Labute approximate surface area is 132 Å². The second-order valence-electron chi connectivity index (χ2n) is 5.46. The van der Waals surface area contributed by atoms with E-state index in [2.05, 4.69) is 0 Å². The highest BCUT2D eigenvalue weighted by molar-refractivity contribution is 5.98. The van der Waals surface area contributed by atoms with Gasteiger partial charge in [0.1, 0.15) is 0 Å². The van der Waals surface area contributed by atoms with Gasteiger partial charge in [0.25, 0.3) is 0 Å². The number of hydrogen-bond acceptors (Lipinski definition) is 6. The van der Waals surface area contributed by atoms with E-state index in [0.29, 0.717) is 25.9 Å². The second kappa shape index (κ2) is 7.19. The van der Waals surface area contributed by atoms with E-state index in [9.17, 15) is 19.7 Å². The molecule has 0 aromatic heterocycles. The Hall–Kier alpha value is -2.48. The molecule has 23 heavy (non-hydrogen) atoms. The fourth-order valence-corrected chi connectivity index (χ4v) is 2.64. The van der Waals surface area contributed by atoms with Gasteiger partial charge in [-0.15, -0.1) is 0 Å². The average molecular weight is 322 g/mol. The first kappa shape index (κ1) is 16.9. The Morgan fingerprint density at radius 2 is 2.04 bits per heavy atom. The maximum absolute atomic E-state index is 12.3. The van der Waals surface area contributed by atoms with Gasteiger partial charge in [-0.1, -0.05) is 0 Å². The first-order valence-corrected chi connectivity index (χ1v) is 7.23. The summed E-state index contributed by atoms with van der Waals surface area (Å²) in [5.74, 6) is -1.29. The van der Waals surface area contributed by atoms with Gasteiger partial charge in [-0.05, 0) is 38.1 Å². The summed E-state index contributed by atoms with van der Waals surface area (Å²) in [6.07, 6.45) is 1.01. The summed E-state index contributed by atoms with van der Waals surface area (Å²) in [5, 5.41) is 19.9. The lowest BCUT2D eigenvalue weighted by molar-refractivity contribution is -0.385. The lowest BCUT2D eigenvalue weighted by Crippen LogP contribution is -2.39. The van der Waals surface area contributed by atoms with Crippen molar-refractivity contribution < 1.29 is 24.4 Å². The molecule has 0 saturated carbocycles. The van der Waals surface area contributed by atoms with Gasteiger partial charge in [0.2, 0.25) is 0 Å². The molecule has 124 valence electrons. The number of nitro benzene ring substituents is 1. The van der Waals surface area contributed by atoms with Gasteiger partial charge in [0.15, 0.2) is 11.5 Å². The third kappa shape index (κ3) is 4.04. The van der Waals surface area contributed by atoms with Crippen molar-refractivity contribution in [1.29, 1.82) is 0 Å². The zero-order valence-corrected chi connectivity index (χ0v) is 12.7. The van der Waals surface area contributed by atoms with Crippen molar-refractivity contribution >= 4 is 17.4 Å². The number of nitrogens with zero attached hydrogens (tertiary/aromatic N) is 2. The van der Waals surface area contributed by atoms with Crippen LogP contribution in [0.25, 0.3) is 0 Å². The minimum absolute atomic E-state index is 0.105. The number of ether oxygens (including phenoxy) is 1. The Bertz CT molecular complexity index is 622. The number of nitro groups is 1. The summed E-state index contributed by atoms with van der Waals surface area (Å²) >= 11 is 0. The highest BCUT2D eigenvalue weighted by Gasteiger charge is 2.26. The summed E-state index contributed by atoms with van der Waals surface area (Å²) < 4.78 is 4.91. The third-order valence-electron chi connectivity index (χ3n) is 4.00. The lowest BCUT2D eigenvalue weighted by atomic mass is 9.96. The van der Waals surface area contributed by atoms with E-state index in [1.165, 1.54) is 25.3 Å². The van der Waals surface area contributed by atoms with Gasteiger partial charge < -0.3 is 9.84 Å². The third-order valence-corrected chi connectivity index (χ3v) is 4.00. The number of hydrogen-bond donors (Lipinski definition) is 1. The van der Waals surface area contributed by atoms with Crippen molar-refractivity contribution in [3.05, 3.63) is 33.9 Å². The molecule has 0 amide bonds. The first-order chi connectivity index (χ1) is 10.9. The molecule has 1 aromatic rings. The lowest BCUT2D eigenvalue weighted by Gasteiger charge is -2.29. The van der Waals surface area contributed by atoms with Crippen LogP contribution >= 0.6 is 0 Å². The Balaban J connectivity index is 2.03. The molecule has 1 aromatic carbocycles. The number of Topliss-reactive ketones (excluding diaryl/α,β-unsaturated/α-hetero) is 1. The Morgan fingerprint density at radius 3 is 2.57 bits per heavy atom. The number of carbonyl (C=O) groups is 2. The normalized spacial score (nSPS) is 16.0. The van der Waals surface area contributed by atoms with Crippen molar-refractivity contribution in [3.63, 3.8) is 0 Å². The number of carbonyl (C=O) groups excluding carboxylic acids is 1. The summed E-state index contributed by atoms with van der Waals surface area (Å²) in [5.41, 5.74) is 0.000735. The zero-order valence-electron chi connectivity index (χ0n) is 12.7. The van der Waals surface area contributed by atoms with Crippen molar-refractivity contribution in [2.24, 2.45) is 5.92 Å². The molecule has 1 heterocycles. The van der Waals surface area contributed by atoms with Crippen LogP contribution in [-0.4, -0.2) is 53.4 Å². The number of benzene rings is 1. The maximum Gasteiger partial charge on any atom is 0.311 e. The van der Waals surface area contributed by atoms with Gasteiger partial charge in [0.05, 0.1) is 24.5 Å². The SMILES string of the molecule is COc1ccc(C(=O)CN2CCC(C(=O)O)CC2)cc1[N+](=O)[O-].